The first kappa shape index (κ1) is 20.0. The molecule has 0 spiro atoms. The van der Waals surface area contributed by atoms with Crippen molar-refractivity contribution in [1.29, 1.82) is 0 Å². The van der Waals surface area contributed by atoms with Crippen molar-refractivity contribution in [3.05, 3.63) is 35.5 Å². The van der Waals surface area contributed by atoms with Crippen molar-refractivity contribution >= 4 is 10.9 Å². The van der Waals surface area contributed by atoms with Crippen LogP contribution in [0.25, 0.3) is 10.9 Å². The van der Waals surface area contributed by atoms with Crippen molar-refractivity contribution in [2.24, 2.45) is 0 Å². The van der Waals surface area contributed by atoms with E-state index in [1.165, 1.54) is 81.1 Å². The molecule has 0 saturated carbocycles. The van der Waals surface area contributed by atoms with Gasteiger partial charge in [0.05, 0.1) is 0 Å². The fourth-order valence-electron chi connectivity index (χ4n) is 3.94. The highest BCUT2D eigenvalue weighted by Gasteiger charge is 2.24. The molecular weight excluding hydrogens is 304 g/mol. The fraction of sp³-hybridized carbons (Fsp3) is 0.652. The number of H-pyrrole nitrogens is 1. The number of hydrogen-bond acceptors (Lipinski definition) is 1. The average Bonchev–Trinajstić information content (AvgIpc) is 3.00. The number of aromatic amines is 1. The van der Waals surface area contributed by atoms with Gasteiger partial charge in [-0.2, -0.15) is 0 Å². The van der Waals surface area contributed by atoms with Crippen LogP contribution < -0.4 is 0 Å². The van der Waals surface area contributed by atoms with Crippen molar-refractivity contribution in [1.82, 2.24) is 9.88 Å². The quantitative estimate of drug-likeness (QED) is 0.446. The van der Waals surface area contributed by atoms with Crippen molar-refractivity contribution in [3.8, 4) is 0 Å². The molecule has 0 aliphatic carbocycles. The second-order valence-electron chi connectivity index (χ2n) is 7.33. The molecule has 2 aromatic rings. The standard InChI is InChI=1S/C23H38N2/c1-5-9-15-21-23(19-14-12-13-16-20(19)24-21)22(8-4)25(17-10-6-2)18-11-7-3/h12-14,16,22,24H,5-11,15,17-18H2,1-4H3. The SMILES string of the molecule is CCCCc1[nH]c2ccccc2c1C(CC)N(CCCC)CCCC. The Morgan fingerprint density at radius 2 is 1.52 bits per heavy atom. The van der Waals surface area contributed by atoms with E-state index in [1.54, 1.807) is 5.56 Å². The number of aryl methyl sites for hydroxylation is 1. The van der Waals surface area contributed by atoms with Crippen molar-refractivity contribution < 1.29 is 0 Å². The lowest BCUT2D eigenvalue weighted by Crippen LogP contribution is -2.31. The molecule has 1 aromatic heterocycles. The molecule has 140 valence electrons. The van der Waals surface area contributed by atoms with Crippen LogP contribution in [0.5, 0.6) is 0 Å². The summed E-state index contributed by atoms with van der Waals surface area (Å²) >= 11 is 0. The third kappa shape index (κ3) is 5.10. The number of hydrogen-bond donors (Lipinski definition) is 1. The summed E-state index contributed by atoms with van der Waals surface area (Å²) in [5, 5.41) is 1.44. The van der Waals surface area contributed by atoms with Gasteiger partial charge in [0.15, 0.2) is 0 Å². The summed E-state index contributed by atoms with van der Waals surface area (Å²) in [5.74, 6) is 0. The number of rotatable bonds is 12. The zero-order valence-electron chi connectivity index (χ0n) is 16.9. The maximum absolute atomic E-state index is 3.75. The van der Waals surface area contributed by atoms with E-state index in [9.17, 15) is 0 Å². The van der Waals surface area contributed by atoms with Gasteiger partial charge in [-0.25, -0.2) is 0 Å². The normalized spacial score (nSPS) is 13.0. The smallest absolute Gasteiger partial charge is 0.0459 e. The molecule has 1 aromatic carbocycles. The summed E-state index contributed by atoms with van der Waals surface area (Å²) in [6.45, 7) is 11.7. The molecule has 0 aliphatic heterocycles. The van der Waals surface area contributed by atoms with Gasteiger partial charge in [-0.1, -0.05) is 65.2 Å². The van der Waals surface area contributed by atoms with Crippen molar-refractivity contribution in [3.63, 3.8) is 0 Å². The molecule has 1 N–H and O–H groups in total. The van der Waals surface area contributed by atoms with E-state index in [4.69, 9.17) is 0 Å². The molecule has 1 atom stereocenters. The lowest BCUT2D eigenvalue weighted by atomic mass is 9.96. The highest BCUT2D eigenvalue weighted by atomic mass is 15.2. The predicted molar refractivity (Wildman–Crippen MR) is 111 cm³/mol. The third-order valence-electron chi connectivity index (χ3n) is 5.37. The van der Waals surface area contributed by atoms with E-state index in [0.717, 1.165) is 0 Å². The minimum Gasteiger partial charge on any atom is -0.358 e. The van der Waals surface area contributed by atoms with E-state index in [-0.39, 0.29) is 0 Å². The number of fused-ring (bicyclic) bond motifs is 1. The molecule has 0 bridgehead atoms. The Hall–Kier alpha value is -1.28. The van der Waals surface area contributed by atoms with Crippen LogP contribution >= 0.6 is 0 Å². The number of para-hydroxylation sites is 1. The highest BCUT2D eigenvalue weighted by molar-refractivity contribution is 5.85. The molecule has 25 heavy (non-hydrogen) atoms. The zero-order chi connectivity index (χ0) is 18.1. The average molecular weight is 343 g/mol. The monoisotopic (exact) mass is 342 g/mol. The highest BCUT2D eigenvalue weighted by Crippen LogP contribution is 2.35. The van der Waals surface area contributed by atoms with E-state index >= 15 is 0 Å². The van der Waals surface area contributed by atoms with Crippen LogP contribution in [0, 0.1) is 0 Å². The third-order valence-corrected chi connectivity index (χ3v) is 5.37. The van der Waals surface area contributed by atoms with Crippen molar-refractivity contribution in [2.75, 3.05) is 13.1 Å². The van der Waals surface area contributed by atoms with Gasteiger partial charge in [0.2, 0.25) is 0 Å². The van der Waals surface area contributed by atoms with Crippen LogP contribution in [0.15, 0.2) is 24.3 Å². The summed E-state index contributed by atoms with van der Waals surface area (Å²) in [4.78, 5) is 6.52. The molecular formula is C23H38N2. The van der Waals surface area contributed by atoms with Crippen molar-refractivity contribution in [2.45, 2.75) is 85.1 Å². The van der Waals surface area contributed by atoms with Gasteiger partial charge < -0.3 is 4.98 Å². The molecule has 2 heteroatoms. The van der Waals surface area contributed by atoms with Crippen LogP contribution in [-0.2, 0) is 6.42 Å². The number of unbranched alkanes of at least 4 members (excludes halogenated alkanes) is 3. The molecule has 1 heterocycles. The van der Waals surface area contributed by atoms with E-state index < -0.39 is 0 Å². The Morgan fingerprint density at radius 1 is 0.880 bits per heavy atom. The van der Waals surface area contributed by atoms with Gasteiger partial charge in [0.25, 0.3) is 0 Å². The Kier molecular flexibility index (Phi) is 8.54. The lowest BCUT2D eigenvalue weighted by molar-refractivity contribution is 0.186. The zero-order valence-corrected chi connectivity index (χ0v) is 16.9. The number of nitrogens with zero attached hydrogens (tertiary/aromatic N) is 1. The first-order chi connectivity index (χ1) is 12.3. The number of benzene rings is 1. The van der Waals surface area contributed by atoms with Gasteiger partial charge >= 0.3 is 0 Å². The van der Waals surface area contributed by atoms with Crippen LogP contribution in [-0.4, -0.2) is 23.0 Å². The molecule has 2 nitrogen and oxygen atoms in total. The second kappa shape index (κ2) is 10.7. The van der Waals surface area contributed by atoms with Crippen LogP contribution in [0.4, 0.5) is 0 Å². The largest absolute Gasteiger partial charge is 0.358 e. The minimum atomic E-state index is 0.543. The first-order valence-corrected chi connectivity index (χ1v) is 10.6. The Balaban J connectivity index is 2.41. The van der Waals surface area contributed by atoms with Gasteiger partial charge in [0.1, 0.15) is 0 Å². The van der Waals surface area contributed by atoms with Crippen LogP contribution in [0.2, 0.25) is 0 Å². The minimum absolute atomic E-state index is 0.543. The summed E-state index contributed by atoms with van der Waals surface area (Å²) in [5.41, 5.74) is 4.37. The lowest BCUT2D eigenvalue weighted by Gasteiger charge is -2.32. The first-order valence-electron chi connectivity index (χ1n) is 10.6. The van der Waals surface area contributed by atoms with Gasteiger partial charge in [-0.15, -0.1) is 0 Å². The van der Waals surface area contributed by atoms with Gasteiger partial charge in [0, 0.05) is 22.6 Å². The Morgan fingerprint density at radius 3 is 2.12 bits per heavy atom. The van der Waals surface area contributed by atoms with Crippen LogP contribution in [0.1, 0.15) is 89.9 Å². The fourth-order valence-corrected chi connectivity index (χ4v) is 3.94. The number of nitrogens with one attached hydrogen (secondary N) is 1. The molecule has 0 aliphatic rings. The molecule has 2 rings (SSSR count). The molecule has 0 radical (unpaired) electrons. The molecule has 1 unspecified atom stereocenters. The molecule has 0 saturated heterocycles. The van der Waals surface area contributed by atoms with Crippen LogP contribution in [0.3, 0.4) is 0 Å². The second-order valence-corrected chi connectivity index (χ2v) is 7.33. The summed E-state index contributed by atoms with van der Waals surface area (Å²) < 4.78 is 0. The number of aromatic nitrogens is 1. The summed E-state index contributed by atoms with van der Waals surface area (Å²) in [6.07, 6.45) is 10.0. The maximum atomic E-state index is 3.75. The van der Waals surface area contributed by atoms with Gasteiger partial charge in [-0.05, 0) is 56.8 Å². The Labute approximate surface area is 155 Å². The predicted octanol–water partition coefficient (Wildman–Crippen LogP) is 6.86. The topological polar surface area (TPSA) is 19.0 Å². The maximum Gasteiger partial charge on any atom is 0.0459 e. The van der Waals surface area contributed by atoms with Gasteiger partial charge in [-0.3, -0.25) is 4.90 Å². The molecule has 0 fully saturated rings. The van der Waals surface area contributed by atoms with E-state index in [1.807, 2.05) is 0 Å². The summed E-state index contributed by atoms with van der Waals surface area (Å²) in [7, 11) is 0. The Bertz CT molecular complexity index is 606. The molecule has 0 amide bonds. The van der Waals surface area contributed by atoms with E-state index in [0.29, 0.717) is 6.04 Å². The summed E-state index contributed by atoms with van der Waals surface area (Å²) in [6, 6.07) is 9.44. The van der Waals surface area contributed by atoms with E-state index in [2.05, 4.69) is 61.8 Å².